The van der Waals surface area contributed by atoms with Gasteiger partial charge in [0.15, 0.2) is 0 Å². The molecule has 1 nitrogen and oxygen atoms in total. The molecule has 0 spiro atoms. The predicted molar refractivity (Wildman–Crippen MR) is 54.9 cm³/mol. The Kier molecular flexibility index (Phi) is 2.77. The van der Waals surface area contributed by atoms with E-state index in [1.807, 2.05) is 0 Å². The molecule has 0 bridgehead atoms. The number of nitrogen functional groups attached to an aromatic ring is 1. The normalized spacial score (nSPS) is 11.7. The largest absolute Gasteiger partial charge is 0.398 e. The minimum absolute atomic E-state index is 0.421. The van der Waals surface area contributed by atoms with Crippen LogP contribution in [0.5, 0.6) is 0 Å². The van der Waals surface area contributed by atoms with Gasteiger partial charge in [0.05, 0.1) is 10.7 Å². The van der Waals surface area contributed by atoms with Crippen molar-refractivity contribution in [3.63, 3.8) is 0 Å². The Morgan fingerprint density at radius 2 is 1.92 bits per heavy atom. The van der Waals surface area contributed by atoms with Crippen LogP contribution in [0.4, 0.5) is 5.69 Å². The summed E-state index contributed by atoms with van der Waals surface area (Å²) in [6.45, 7) is 1.65. The second-order valence-corrected chi connectivity index (χ2v) is 4.68. The van der Waals surface area contributed by atoms with Gasteiger partial charge in [-0.3, -0.25) is 0 Å². The first kappa shape index (κ1) is 9.97. The first-order valence-electron chi connectivity index (χ1n) is 3.35. The molecule has 0 heterocycles. The second-order valence-electron chi connectivity index (χ2n) is 2.60. The molecule has 2 N–H and O–H groups in total. The summed E-state index contributed by atoms with van der Waals surface area (Å²) in [6, 6.07) is 5.21. The molecule has 0 radical (unpaired) electrons. The number of nitrogens with two attached hydrogens (primary N) is 1. The predicted octanol–water partition coefficient (Wildman–Crippen LogP) is 3.57. The Morgan fingerprint density at radius 3 is 2.33 bits per heavy atom. The summed E-state index contributed by atoms with van der Waals surface area (Å²) in [5, 5.41) is 0.421. The maximum absolute atomic E-state index is 5.88. The topological polar surface area (TPSA) is 26.0 Å². The molecule has 0 aliphatic carbocycles. The standard InChI is InChI=1S/C8H8Cl3N/c1-8(10,11)5-3-2-4-6(12)7(5)9/h2-4H,12H2,1H3. The van der Waals surface area contributed by atoms with E-state index < -0.39 is 4.33 Å². The van der Waals surface area contributed by atoms with Crippen LogP contribution in [0.2, 0.25) is 5.02 Å². The van der Waals surface area contributed by atoms with Gasteiger partial charge in [0, 0.05) is 5.56 Å². The van der Waals surface area contributed by atoms with Gasteiger partial charge in [-0.25, -0.2) is 0 Å². The lowest BCUT2D eigenvalue weighted by Gasteiger charge is -2.16. The van der Waals surface area contributed by atoms with Gasteiger partial charge in [-0.15, -0.1) is 0 Å². The number of anilines is 1. The van der Waals surface area contributed by atoms with E-state index in [-0.39, 0.29) is 0 Å². The van der Waals surface area contributed by atoms with E-state index in [9.17, 15) is 0 Å². The van der Waals surface area contributed by atoms with Crippen LogP contribution in [-0.2, 0) is 4.33 Å². The molecule has 0 atom stereocenters. The third-order valence-electron chi connectivity index (χ3n) is 1.50. The van der Waals surface area contributed by atoms with Crippen molar-refractivity contribution >= 4 is 40.5 Å². The fourth-order valence-electron chi connectivity index (χ4n) is 0.889. The fraction of sp³-hybridized carbons (Fsp3) is 0.250. The number of rotatable bonds is 1. The van der Waals surface area contributed by atoms with Gasteiger partial charge in [0.1, 0.15) is 4.33 Å². The zero-order chi connectivity index (χ0) is 9.35. The molecule has 4 heteroatoms. The first-order chi connectivity index (χ1) is 5.43. The molecule has 66 valence electrons. The van der Waals surface area contributed by atoms with Crippen molar-refractivity contribution < 1.29 is 0 Å². The van der Waals surface area contributed by atoms with Crippen LogP contribution in [0.3, 0.4) is 0 Å². The van der Waals surface area contributed by atoms with Gasteiger partial charge in [-0.05, 0) is 13.0 Å². The Hall–Kier alpha value is -0.110. The molecule has 0 unspecified atom stereocenters. The zero-order valence-corrected chi connectivity index (χ0v) is 8.71. The average Bonchev–Trinajstić information content (AvgIpc) is 1.92. The number of hydrogen-bond donors (Lipinski definition) is 1. The van der Waals surface area contributed by atoms with E-state index in [1.54, 1.807) is 25.1 Å². The molecule has 0 aromatic heterocycles. The van der Waals surface area contributed by atoms with Crippen molar-refractivity contribution in [2.45, 2.75) is 11.3 Å². The van der Waals surface area contributed by atoms with Crippen molar-refractivity contribution in [3.8, 4) is 0 Å². The minimum atomic E-state index is -0.994. The zero-order valence-electron chi connectivity index (χ0n) is 6.44. The SMILES string of the molecule is CC(Cl)(Cl)c1cccc(N)c1Cl. The van der Waals surface area contributed by atoms with Gasteiger partial charge in [0.2, 0.25) is 0 Å². The number of hydrogen-bond acceptors (Lipinski definition) is 1. The van der Waals surface area contributed by atoms with Crippen LogP contribution in [-0.4, -0.2) is 0 Å². The summed E-state index contributed by atoms with van der Waals surface area (Å²) >= 11 is 17.6. The van der Waals surface area contributed by atoms with Crippen LogP contribution in [0.1, 0.15) is 12.5 Å². The molecule has 12 heavy (non-hydrogen) atoms. The molecule has 1 aromatic carbocycles. The summed E-state index contributed by atoms with van der Waals surface area (Å²) in [7, 11) is 0. The highest BCUT2D eigenvalue weighted by atomic mass is 35.5. The van der Waals surface area contributed by atoms with Crippen molar-refractivity contribution in [1.29, 1.82) is 0 Å². The molecule has 0 saturated carbocycles. The van der Waals surface area contributed by atoms with Crippen molar-refractivity contribution in [2.75, 3.05) is 5.73 Å². The van der Waals surface area contributed by atoms with Gasteiger partial charge in [-0.1, -0.05) is 46.9 Å². The third-order valence-corrected chi connectivity index (χ3v) is 2.33. The molecular weight excluding hydrogens is 216 g/mol. The quantitative estimate of drug-likeness (QED) is 0.573. The first-order valence-corrected chi connectivity index (χ1v) is 4.48. The molecule has 0 fully saturated rings. The van der Waals surface area contributed by atoms with E-state index in [1.165, 1.54) is 0 Å². The molecule has 0 aliphatic rings. The lowest BCUT2D eigenvalue weighted by atomic mass is 10.1. The van der Waals surface area contributed by atoms with E-state index >= 15 is 0 Å². The Bertz CT molecular complexity index is 291. The molecule has 1 rings (SSSR count). The highest BCUT2D eigenvalue weighted by Gasteiger charge is 2.23. The molecule has 0 aliphatic heterocycles. The number of alkyl halides is 2. The van der Waals surface area contributed by atoms with Gasteiger partial charge >= 0.3 is 0 Å². The second kappa shape index (κ2) is 3.33. The highest BCUT2D eigenvalue weighted by Crippen LogP contribution is 2.39. The van der Waals surface area contributed by atoms with Crippen LogP contribution < -0.4 is 5.73 Å². The summed E-state index contributed by atoms with van der Waals surface area (Å²) in [5.41, 5.74) is 6.69. The van der Waals surface area contributed by atoms with E-state index in [4.69, 9.17) is 40.5 Å². The fourth-order valence-corrected chi connectivity index (χ4v) is 1.62. The van der Waals surface area contributed by atoms with Crippen molar-refractivity contribution in [1.82, 2.24) is 0 Å². The Labute approximate surface area is 86.4 Å². The van der Waals surface area contributed by atoms with Crippen molar-refractivity contribution in [3.05, 3.63) is 28.8 Å². The smallest absolute Gasteiger partial charge is 0.141 e. The Morgan fingerprint density at radius 1 is 1.33 bits per heavy atom. The van der Waals surface area contributed by atoms with E-state index in [0.717, 1.165) is 0 Å². The molecule has 0 saturated heterocycles. The lowest BCUT2D eigenvalue weighted by molar-refractivity contribution is 0.978. The lowest BCUT2D eigenvalue weighted by Crippen LogP contribution is -2.05. The van der Waals surface area contributed by atoms with Gasteiger partial charge in [0.25, 0.3) is 0 Å². The van der Waals surface area contributed by atoms with Gasteiger partial charge < -0.3 is 5.73 Å². The molecule has 1 aromatic rings. The van der Waals surface area contributed by atoms with E-state index in [2.05, 4.69) is 0 Å². The Balaban J connectivity index is 3.26. The molecule has 0 amide bonds. The number of benzene rings is 1. The van der Waals surface area contributed by atoms with Crippen LogP contribution in [0.15, 0.2) is 18.2 Å². The number of halogens is 3. The highest BCUT2D eigenvalue weighted by molar-refractivity contribution is 6.49. The van der Waals surface area contributed by atoms with E-state index in [0.29, 0.717) is 16.3 Å². The average molecular weight is 225 g/mol. The van der Waals surface area contributed by atoms with Crippen LogP contribution in [0, 0.1) is 0 Å². The third kappa shape index (κ3) is 1.98. The summed E-state index contributed by atoms with van der Waals surface area (Å²) < 4.78 is -0.994. The van der Waals surface area contributed by atoms with Crippen molar-refractivity contribution in [2.24, 2.45) is 0 Å². The van der Waals surface area contributed by atoms with Gasteiger partial charge in [-0.2, -0.15) is 0 Å². The summed E-state index contributed by atoms with van der Waals surface area (Å²) in [4.78, 5) is 0. The monoisotopic (exact) mass is 223 g/mol. The minimum Gasteiger partial charge on any atom is -0.398 e. The van der Waals surface area contributed by atoms with Crippen LogP contribution in [0.25, 0.3) is 0 Å². The summed E-state index contributed by atoms with van der Waals surface area (Å²) in [6.07, 6.45) is 0. The summed E-state index contributed by atoms with van der Waals surface area (Å²) in [5.74, 6) is 0. The molecular formula is C8H8Cl3N. The van der Waals surface area contributed by atoms with Crippen LogP contribution >= 0.6 is 34.8 Å². The maximum atomic E-state index is 5.88. The maximum Gasteiger partial charge on any atom is 0.141 e.